The molecule has 2 aromatic carbocycles. The maximum absolute atomic E-state index is 4.92. The van der Waals surface area contributed by atoms with E-state index in [1.54, 1.807) is 0 Å². The molecule has 0 radical (unpaired) electrons. The lowest BCUT2D eigenvalue weighted by Crippen LogP contribution is -2.36. The molecule has 4 rings (SSSR count). The van der Waals surface area contributed by atoms with E-state index in [2.05, 4.69) is 65.8 Å². The van der Waals surface area contributed by atoms with Gasteiger partial charge in [-0.3, -0.25) is 0 Å². The molecule has 0 atom stereocenters. The molecule has 2 N–H and O–H groups in total. The van der Waals surface area contributed by atoms with Gasteiger partial charge in [-0.2, -0.15) is 4.98 Å². The molecule has 1 saturated heterocycles. The molecule has 3 aromatic rings. The number of nitrogens with zero attached hydrogens (tertiary/aromatic N) is 3. The number of nitrogens with one attached hydrogen (secondary N) is 2. The molecule has 0 amide bonds. The number of anilines is 2. The molecule has 5 heteroatoms. The van der Waals surface area contributed by atoms with Crippen molar-refractivity contribution in [1.82, 2.24) is 15.3 Å². The molecule has 140 valence electrons. The van der Waals surface area contributed by atoms with E-state index >= 15 is 0 Å². The first-order valence-corrected chi connectivity index (χ1v) is 9.61. The summed E-state index contributed by atoms with van der Waals surface area (Å²) in [6, 6.07) is 18.6. The Hall–Kier alpha value is -2.66. The molecule has 1 aromatic heterocycles. The standard InChI is InChI=1S/C22H27N5/c1-22(2)15-23-12-13-27(16-22)21-25-19-11-7-6-10-18(19)20(26-21)24-14-17-8-4-3-5-9-17/h3-11,23H,12-16H2,1-2H3,(H,24,25,26). The molecule has 0 saturated carbocycles. The van der Waals surface area contributed by atoms with Gasteiger partial charge in [0.05, 0.1) is 5.52 Å². The van der Waals surface area contributed by atoms with E-state index in [0.29, 0.717) is 0 Å². The molecule has 0 bridgehead atoms. The predicted molar refractivity (Wildman–Crippen MR) is 112 cm³/mol. The minimum atomic E-state index is 0.184. The van der Waals surface area contributed by atoms with Crippen molar-refractivity contribution in [1.29, 1.82) is 0 Å². The Morgan fingerprint density at radius 2 is 1.81 bits per heavy atom. The Morgan fingerprint density at radius 3 is 2.67 bits per heavy atom. The van der Waals surface area contributed by atoms with Gasteiger partial charge in [0, 0.05) is 38.1 Å². The first kappa shape index (κ1) is 17.7. The molecular formula is C22H27N5. The maximum atomic E-state index is 4.92. The van der Waals surface area contributed by atoms with Crippen molar-refractivity contribution in [2.45, 2.75) is 20.4 Å². The van der Waals surface area contributed by atoms with Gasteiger partial charge in [-0.05, 0) is 23.1 Å². The van der Waals surface area contributed by atoms with Gasteiger partial charge in [0.25, 0.3) is 0 Å². The second kappa shape index (κ2) is 7.53. The van der Waals surface area contributed by atoms with Crippen LogP contribution in [0.4, 0.5) is 11.8 Å². The zero-order valence-electron chi connectivity index (χ0n) is 16.1. The van der Waals surface area contributed by atoms with Crippen molar-refractivity contribution in [3.63, 3.8) is 0 Å². The lowest BCUT2D eigenvalue weighted by atomic mass is 9.93. The van der Waals surface area contributed by atoms with Crippen LogP contribution in [-0.4, -0.2) is 36.1 Å². The smallest absolute Gasteiger partial charge is 0.227 e. The largest absolute Gasteiger partial charge is 0.365 e. The summed E-state index contributed by atoms with van der Waals surface area (Å²) in [5.41, 5.74) is 2.40. The highest BCUT2D eigenvalue weighted by atomic mass is 15.3. The average Bonchev–Trinajstić information content (AvgIpc) is 2.87. The highest BCUT2D eigenvalue weighted by Gasteiger charge is 2.26. The van der Waals surface area contributed by atoms with Gasteiger partial charge < -0.3 is 15.5 Å². The number of rotatable bonds is 4. The fraction of sp³-hybridized carbons (Fsp3) is 0.364. The van der Waals surface area contributed by atoms with Crippen LogP contribution >= 0.6 is 0 Å². The van der Waals surface area contributed by atoms with E-state index in [1.807, 2.05) is 18.2 Å². The van der Waals surface area contributed by atoms with E-state index < -0.39 is 0 Å². The third kappa shape index (κ3) is 4.19. The molecule has 1 fully saturated rings. The summed E-state index contributed by atoms with van der Waals surface area (Å²) in [7, 11) is 0. The fourth-order valence-electron chi connectivity index (χ4n) is 3.59. The van der Waals surface area contributed by atoms with Gasteiger partial charge >= 0.3 is 0 Å². The topological polar surface area (TPSA) is 53.1 Å². The van der Waals surface area contributed by atoms with Crippen LogP contribution in [0.3, 0.4) is 0 Å². The van der Waals surface area contributed by atoms with Crippen LogP contribution in [0.15, 0.2) is 54.6 Å². The zero-order chi connectivity index (χ0) is 18.7. The molecular weight excluding hydrogens is 334 g/mol. The third-order valence-electron chi connectivity index (χ3n) is 4.96. The van der Waals surface area contributed by atoms with Gasteiger partial charge in [0.1, 0.15) is 5.82 Å². The summed E-state index contributed by atoms with van der Waals surface area (Å²) in [5.74, 6) is 1.70. The van der Waals surface area contributed by atoms with Gasteiger partial charge in [0.2, 0.25) is 5.95 Å². The van der Waals surface area contributed by atoms with E-state index in [9.17, 15) is 0 Å². The third-order valence-corrected chi connectivity index (χ3v) is 4.96. The van der Waals surface area contributed by atoms with Crippen molar-refractivity contribution in [2.24, 2.45) is 5.41 Å². The second-order valence-corrected chi connectivity index (χ2v) is 7.99. The Balaban J connectivity index is 1.67. The Morgan fingerprint density at radius 1 is 1.04 bits per heavy atom. The Bertz CT molecular complexity index is 907. The highest BCUT2D eigenvalue weighted by molar-refractivity contribution is 5.90. The quantitative estimate of drug-likeness (QED) is 0.742. The van der Waals surface area contributed by atoms with Gasteiger partial charge in [-0.1, -0.05) is 56.3 Å². The number of benzene rings is 2. The van der Waals surface area contributed by atoms with Gasteiger partial charge in [-0.15, -0.1) is 0 Å². The summed E-state index contributed by atoms with van der Waals surface area (Å²) in [6.07, 6.45) is 0. The van der Waals surface area contributed by atoms with Crippen molar-refractivity contribution in [3.05, 3.63) is 60.2 Å². The van der Waals surface area contributed by atoms with Gasteiger partial charge in [0.15, 0.2) is 0 Å². The van der Waals surface area contributed by atoms with E-state index in [4.69, 9.17) is 9.97 Å². The molecule has 1 aliphatic rings. The minimum absolute atomic E-state index is 0.184. The molecule has 2 heterocycles. The summed E-state index contributed by atoms with van der Waals surface area (Å²) >= 11 is 0. The summed E-state index contributed by atoms with van der Waals surface area (Å²) in [4.78, 5) is 12.1. The lowest BCUT2D eigenvalue weighted by Gasteiger charge is -2.29. The van der Waals surface area contributed by atoms with Crippen LogP contribution in [0, 0.1) is 5.41 Å². The molecule has 0 aliphatic carbocycles. The molecule has 27 heavy (non-hydrogen) atoms. The first-order chi connectivity index (χ1) is 13.1. The van der Waals surface area contributed by atoms with E-state index in [-0.39, 0.29) is 5.41 Å². The Kier molecular flexibility index (Phi) is 4.94. The SMILES string of the molecule is CC1(C)CNCCN(c2nc(NCc3ccccc3)c3ccccc3n2)C1. The molecule has 1 aliphatic heterocycles. The summed E-state index contributed by atoms with van der Waals surface area (Å²) in [6.45, 7) is 9.13. The van der Waals surface area contributed by atoms with E-state index in [1.165, 1.54) is 5.56 Å². The zero-order valence-corrected chi connectivity index (χ0v) is 16.1. The van der Waals surface area contributed by atoms with Crippen LogP contribution in [0.25, 0.3) is 10.9 Å². The normalized spacial score (nSPS) is 16.9. The highest BCUT2D eigenvalue weighted by Crippen LogP contribution is 2.26. The number of fused-ring (bicyclic) bond motifs is 1. The molecule has 0 spiro atoms. The number of aromatic nitrogens is 2. The minimum Gasteiger partial charge on any atom is -0.365 e. The molecule has 0 unspecified atom stereocenters. The van der Waals surface area contributed by atoms with Crippen molar-refractivity contribution < 1.29 is 0 Å². The maximum Gasteiger partial charge on any atom is 0.227 e. The monoisotopic (exact) mass is 361 g/mol. The van der Waals surface area contributed by atoms with E-state index in [0.717, 1.165) is 55.4 Å². The van der Waals surface area contributed by atoms with Crippen molar-refractivity contribution in [3.8, 4) is 0 Å². The van der Waals surface area contributed by atoms with Crippen LogP contribution in [0.5, 0.6) is 0 Å². The number of hydrogen-bond donors (Lipinski definition) is 2. The van der Waals surface area contributed by atoms with Gasteiger partial charge in [-0.25, -0.2) is 4.98 Å². The lowest BCUT2D eigenvalue weighted by molar-refractivity contribution is 0.369. The second-order valence-electron chi connectivity index (χ2n) is 7.99. The number of hydrogen-bond acceptors (Lipinski definition) is 5. The van der Waals surface area contributed by atoms with Crippen LogP contribution < -0.4 is 15.5 Å². The van der Waals surface area contributed by atoms with Crippen LogP contribution in [-0.2, 0) is 6.54 Å². The fourth-order valence-corrected chi connectivity index (χ4v) is 3.59. The van der Waals surface area contributed by atoms with Crippen molar-refractivity contribution in [2.75, 3.05) is 36.4 Å². The van der Waals surface area contributed by atoms with Crippen LogP contribution in [0.1, 0.15) is 19.4 Å². The predicted octanol–water partition coefficient (Wildman–Crippen LogP) is 3.68. The molecule has 5 nitrogen and oxygen atoms in total. The Labute approximate surface area is 160 Å². The average molecular weight is 361 g/mol. The summed E-state index contributed by atoms with van der Waals surface area (Å²) < 4.78 is 0. The van der Waals surface area contributed by atoms with Crippen molar-refractivity contribution >= 4 is 22.7 Å². The first-order valence-electron chi connectivity index (χ1n) is 9.61. The summed E-state index contributed by atoms with van der Waals surface area (Å²) in [5, 5.41) is 8.11. The van der Waals surface area contributed by atoms with Crippen LogP contribution in [0.2, 0.25) is 0 Å². The number of para-hydroxylation sites is 1.